The average molecular weight is 597 g/mol. The molecule has 0 spiro atoms. The van der Waals surface area contributed by atoms with Gasteiger partial charge in [-0.05, 0) is 0 Å². The Bertz CT molecular complexity index is 448. The molecule has 0 aliphatic carbocycles. The Kier molecular flexibility index (Phi) is 20.8. The van der Waals surface area contributed by atoms with Gasteiger partial charge in [0.2, 0.25) is 0 Å². The van der Waals surface area contributed by atoms with Crippen LogP contribution in [0.3, 0.4) is 0 Å². The van der Waals surface area contributed by atoms with E-state index < -0.39 is 21.6 Å². The fraction of sp³-hybridized carbons (Fsp3) is 1.00. The van der Waals surface area contributed by atoms with Gasteiger partial charge in [0.05, 0.1) is 0 Å². The van der Waals surface area contributed by atoms with Crippen LogP contribution in [0, 0.1) is 0 Å². The zero-order chi connectivity index (χ0) is 29.0. The van der Waals surface area contributed by atoms with Gasteiger partial charge in [-0.1, -0.05) is 0 Å². The van der Waals surface area contributed by atoms with Crippen molar-refractivity contribution in [2.24, 2.45) is 0 Å². The van der Waals surface area contributed by atoms with E-state index in [1.807, 2.05) is 0 Å². The number of unbranched alkanes of at least 4 members (excludes halogenated alkanes) is 8. The molecule has 0 unspecified atom stereocenters. The molecule has 0 aromatic carbocycles. The monoisotopic (exact) mass is 596 g/mol. The first-order valence-electron chi connectivity index (χ1n) is 17.4. The van der Waals surface area contributed by atoms with E-state index in [4.69, 9.17) is 0 Å². The van der Waals surface area contributed by atoms with E-state index in [-0.39, 0.29) is 5.14 Å². The molecule has 5 heteroatoms. The SMILES string of the molecule is CCCCP(CCCC)(CCCC)(CCCC)C(P(O)O)P(CCCC)(CCCC)(CCCC)CCCC. The molecule has 0 amide bonds. The molecule has 38 heavy (non-hydrogen) atoms. The molecule has 0 rings (SSSR count). The minimum atomic E-state index is -2.47. The second-order valence-electron chi connectivity index (χ2n) is 13.4. The summed E-state index contributed by atoms with van der Waals surface area (Å²) < 4.78 is 0. The normalized spacial score (nSPS) is 15.8. The van der Waals surface area contributed by atoms with Crippen LogP contribution in [0.1, 0.15) is 158 Å². The summed E-state index contributed by atoms with van der Waals surface area (Å²) in [5.41, 5.74) is 0. The van der Waals surface area contributed by atoms with Crippen molar-refractivity contribution in [2.75, 3.05) is 49.3 Å². The number of hydrogen-bond acceptors (Lipinski definition) is 2. The van der Waals surface area contributed by atoms with Crippen LogP contribution in [-0.4, -0.2) is 64.2 Å². The summed E-state index contributed by atoms with van der Waals surface area (Å²) in [6.07, 6.45) is 31.1. The molecule has 0 fully saturated rings. The van der Waals surface area contributed by atoms with Crippen molar-refractivity contribution in [1.82, 2.24) is 0 Å². The van der Waals surface area contributed by atoms with E-state index >= 15 is 0 Å². The van der Waals surface area contributed by atoms with Gasteiger partial charge < -0.3 is 0 Å². The Balaban J connectivity index is 7.97. The van der Waals surface area contributed by atoms with Crippen molar-refractivity contribution in [3.63, 3.8) is 0 Å². The summed E-state index contributed by atoms with van der Waals surface area (Å²) in [6, 6.07) is 0. The van der Waals surface area contributed by atoms with E-state index in [9.17, 15) is 9.79 Å². The predicted octanol–water partition coefficient (Wildman–Crippen LogP) is 12.1. The first kappa shape index (κ1) is 39.2. The molecule has 0 saturated carbocycles. The molecule has 234 valence electrons. The Morgan fingerprint density at radius 2 is 0.526 bits per heavy atom. The van der Waals surface area contributed by atoms with Gasteiger partial charge in [-0.25, -0.2) is 0 Å². The van der Waals surface area contributed by atoms with Crippen LogP contribution in [-0.2, 0) is 0 Å². The van der Waals surface area contributed by atoms with Crippen LogP contribution in [0.4, 0.5) is 0 Å². The van der Waals surface area contributed by atoms with Crippen molar-refractivity contribution in [2.45, 2.75) is 163 Å². The zero-order valence-corrected chi connectivity index (χ0v) is 30.5. The molecule has 0 heterocycles. The molecule has 0 atom stereocenters. The molecular formula is C33H75O2P3. The van der Waals surface area contributed by atoms with Gasteiger partial charge in [-0.2, -0.15) is 0 Å². The summed E-state index contributed by atoms with van der Waals surface area (Å²) >= 11 is 0. The summed E-state index contributed by atoms with van der Waals surface area (Å²) in [6.45, 7) is 14.1. The molecule has 0 aliphatic rings. The van der Waals surface area contributed by atoms with Gasteiger partial charge in [0.25, 0.3) is 0 Å². The summed E-state index contributed by atoms with van der Waals surface area (Å²) in [5.74, 6) is 0. The van der Waals surface area contributed by atoms with Crippen LogP contribution in [0.2, 0.25) is 0 Å². The first-order chi connectivity index (χ1) is 18.2. The maximum atomic E-state index is 12.1. The predicted molar refractivity (Wildman–Crippen MR) is 187 cm³/mol. The van der Waals surface area contributed by atoms with E-state index in [1.165, 1.54) is 152 Å². The Labute approximate surface area is 243 Å². The fourth-order valence-electron chi connectivity index (χ4n) is 8.45. The Hall–Kier alpha value is 1.21. The fourth-order valence-corrected chi connectivity index (χ4v) is 39.9. The van der Waals surface area contributed by atoms with Crippen molar-refractivity contribution < 1.29 is 9.79 Å². The third-order valence-corrected chi connectivity index (χ3v) is 34.7. The topological polar surface area (TPSA) is 40.5 Å². The molecule has 0 aromatic rings. The third-order valence-electron chi connectivity index (χ3n) is 10.4. The van der Waals surface area contributed by atoms with Crippen molar-refractivity contribution in [3.8, 4) is 0 Å². The van der Waals surface area contributed by atoms with E-state index in [1.54, 1.807) is 0 Å². The minimum absolute atomic E-state index is 0.273. The third kappa shape index (κ3) is 10.2. The quantitative estimate of drug-likeness (QED) is 0.0926. The van der Waals surface area contributed by atoms with Gasteiger partial charge in [0, 0.05) is 0 Å². The van der Waals surface area contributed by atoms with Gasteiger partial charge in [0.1, 0.15) is 0 Å². The van der Waals surface area contributed by atoms with Crippen LogP contribution in [0.15, 0.2) is 0 Å². The number of rotatable bonds is 27. The van der Waals surface area contributed by atoms with Crippen LogP contribution >= 0.6 is 21.6 Å². The molecule has 2 N–H and O–H groups in total. The molecule has 0 aliphatic heterocycles. The Morgan fingerprint density at radius 3 is 0.632 bits per heavy atom. The standard InChI is InChI=1S/C33H75O2P3/c1-9-17-25-37(26-18-10-2,27-19-11-3,28-20-12-4)33(36(34)35)38(29-21-13-5,30-22-14-6,31-23-15-7)32-24-16-8/h33-35H,9-32H2,1-8H3. The van der Waals surface area contributed by atoms with Crippen LogP contribution in [0.25, 0.3) is 0 Å². The van der Waals surface area contributed by atoms with E-state index in [2.05, 4.69) is 55.4 Å². The van der Waals surface area contributed by atoms with E-state index in [0.29, 0.717) is 0 Å². The van der Waals surface area contributed by atoms with Crippen LogP contribution < -0.4 is 0 Å². The first-order valence-corrected chi connectivity index (χ1v) is 24.8. The second kappa shape index (κ2) is 20.2. The van der Waals surface area contributed by atoms with Crippen molar-refractivity contribution >= 4 is 21.6 Å². The summed E-state index contributed by atoms with van der Waals surface area (Å²) in [7, 11) is -1.95. The van der Waals surface area contributed by atoms with Gasteiger partial charge in [-0.3, -0.25) is 0 Å². The molecule has 0 aromatic heterocycles. The molecular weight excluding hydrogens is 521 g/mol. The number of hydrogen-bond donors (Lipinski definition) is 2. The van der Waals surface area contributed by atoms with Crippen LogP contribution in [0.5, 0.6) is 0 Å². The van der Waals surface area contributed by atoms with Crippen molar-refractivity contribution in [1.29, 1.82) is 0 Å². The van der Waals surface area contributed by atoms with Gasteiger partial charge >= 0.3 is 244 Å². The maximum absolute atomic E-state index is 12.1. The zero-order valence-electron chi connectivity index (χ0n) is 27.8. The summed E-state index contributed by atoms with van der Waals surface area (Å²) in [5, 5.41) is 0.273. The Morgan fingerprint density at radius 1 is 0.368 bits per heavy atom. The van der Waals surface area contributed by atoms with Crippen molar-refractivity contribution in [3.05, 3.63) is 0 Å². The van der Waals surface area contributed by atoms with Gasteiger partial charge in [-0.15, -0.1) is 0 Å². The summed E-state index contributed by atoms with van der Waals surface area (Å²) in [4.78, 5) is 24.2. The molecule has 0 radical (unpaired) electrons. The molecule has 0 saturated heterocycles. The second-order valence-corrected chi connectivity index (χ2v) is 28.7. The molecule has 2 nitrogen and oxygen atoms in total. The average Bonchev–Trinajstić information content (AvgIpc) is 2.93. The molecule has 0 bridgehead atoms. The van der Waals surface area contributed by atoms with E-state index in [0.717, 1.165) is 0 Å². The van der Waals surface area contributed by atoms with Gasteiger partial charge in [0.15, 0.2) is 0 Å².